The van der Waals surface area contributed by atoms with Crippen LogP contribution in [0.2, 0.25) is 0 Å². The van der Waals surface area contributed by atoms with Gasteiger partial charge in [-0.3, -0.25) is 0 Å². The molecule has 0 aliphatic carbocycles. The lowest BCUT2D eigenvalue weighted by Gasteiger charge is -2.40. The molecular weight excluding hydrogens is 244 g/mol. The number of hydrogen-bond acceptors (Lipinski definition) is 2. The summed E-state index contributed by atoms with van der Waals surface area (Å²) in [4.78, 5) is 4.93. The van der Waals surface area contributed by atoms with Gasteiger partial charge in [-0.15, -0.1) is 0 Å². The average Bonchev–Trinajstić information content (AvgIpc) is 2.65. The summed E-state index contributed by atoms with van der Waals surface area (Å²) in [5.74, 6) is 0. The number of hydrogen-bond donors (Lipinski definition) is 0. The molecule has 0 spiro atoms. The van der Waals surface area contributed by atoms with Crippen LogP contribution in [0.25, 0.3) is 0 Å². The van der Waals surface area contributed by atoms with Gasteiger partial charge in [0.1, 0.15) is 5.66 Å². The van der Waals surface area contributed by atoms with E-state index in [1.54, 1.807) is 0 Å². The number of para-hydroxylation sites is 3. The molecule has 0 fully saturated rings. The zero-order valence-electron chi connectivity index (χ0n) is 12.7. The van der Waals surface area contributed by atoms with Crippen LogP contribution in [-0.2, 0) is 0 Å². The molecule has 0 aromatic heterocycles. The highest BCUT2D eigenvalue weighted by molar-refractivity contribution is 5.86. The summed E-state index contributed by atoms with van der Waals surface area (Å²) in [6.45, 7) is 10.0. The summed E-state index contributed by atoms with van der Waals surface area (Å²) in [6, 6.07) is 17.3. The van der Waals surface area contributed by atoms with E-state index in [9.17, 15) is 0 Å². The summed E-state index contributed by atoms with van der Waals surface area (Å²) >= 11 is 0. The van der Waals surface area contributed by atoms with Crippen molar-refractivity contribution in [2.24, 2.45) is 0 Å². The number of nitrogens with zero attached hydrogens (tertiary/aromatic N) is 2. The molecule has 3 rings (SSSR count). The molecular formula is C18H22N2. The van der Waals surface area contributed by atoms with Crippen LogP contribution in [0.5, 0.6) is 0 Å². The zero-order chi connectivity index (χ0) is 14.3. The molecule has 0 saturated heterocycles. The topological polar surface area (TPSA) is 6.48 Å². The third-order valence-electron chi connectivity index (χ3n) is 4.29. The predicted molar refractivity (Wildman–Crippen MR) is 86.9 cm³/mol. The molecule has 2 aromatic rings. The fourth-order valence-electron chi connectivity index (χ4n) is 3.39. The number of anilines is 3. The molecule has 1 aliphatic heterocycles. The maximum absolute atomic E-state index is 2.47. The van der Waals surface area contributed by atoms with Crippen molar-refractivity contribution in [3.63, 3.8) is 0 Å². The molecule has 0 N–H and O–H groups in total. The van der Waals surface area contributed by atoms with E-state index in [0.717, 1.165) is 6.54 Å². The Kier molecular flexibility index (Phi) is 2.97. The van der Waals surface area contributed by atoms with Gasteiger partial charge in [0.25, 0.3) is 0 Å². The van der Waals surface area contributed by atoms with Gasteiger partial charge in [-0.1, -0.05) is 30.3 Å². The molecule has 1 aliphatic rings. The molecule has 0 radical (unpaired) electrons. The number of aryl methyl sites for hydroxylation is 1. The summed E-state index contributed by atoms with van der Waals surface area (Å²) in [6.07, 6.45) is 0. The van der Waals surface area contributed by atoms with Crippen LogP contribution in [0, 0.1) is 6.92 Å². The number of benzene rings is 2. The monoisotopic (exact) mass is 266 g/mol. The van der Waals surface area contributed by atoms with Gasteiger partial charge >= 0.3 is 0 Å². The molecule has 20 heavy (non-hydrogen) atoms. The quantitative estimate of drug-likeness (QED) is 0.776. The maximum Gasteiger partial charge on any atom is 0.112 e. The van der Waals surface area contributed by atoms with Crippen LogP contribution in [0.3, 0.4) is 0 Å². The van der Waals surface area contributed by atoms with Gasteiger partial charge in [-0.2, -0.15) is 0 Å². The molecule has 2 heteroatoms. The standard InChI is InChI=1S/C18H22N2/c1-5-19-16-12-8-9-13-17(16)20(18(19,3)4)15-11-7-6-10-14(15)2/h6-13H,5H2,1-4H3. The molecule has 0 atom stereocenters. The van der Waals surface area contributed by atoms with E-state index in [2.05, 4.69) is 86.0 Å². The summed E-state index contributed by atoms with van der Waals surface area (Å²) in [5, 5.41) is 0. The van der Waals surface area contributed by atoms with Crippen molar-refractivity contribution >= 4 is 17.1 Å². The first-order chi connectivity index (χ1) is 9.57. The lowest BCUT2D eigenvalue weighted by molar-refractivity contribution is 0.499. The van der Waals surface area contributed by atoms with Gasteiger partial charge in [-0.25, -0.2) is 0 Å². The Bertz CT molecular complexity index is 631. The van der Waals surface area contributed by atoms with Crippen LogP contribution in [-0.4, -0.2) is 12.2 Å². The summed E-state index contributed by atoms with van der Waals surface area (Å²) in [5.41, 5.74) is 5.18. The van der Waals surface area contributed by atoms with Crippen molar-refractivity contribution in [1.82, 2.24) is 0 Å². The van der Waals surface area contributed by atoms with E-state index in [1.807, 2.05) is 0 Å². The van der Waals surface area contributed by atoms with Gasteiger partial charge in [-0.05, 0) is 51.5 Å². The van der Waals surface area contributed by atoms with E-state index in [1.165, 1.54) is 22.6 Å². The van der Waals surface area contributed by atoms with Crippen LogP contribution in [0.15, 0.2) is 48.5 Å². The van der Waals surface area contributed by atoms with Crippen molar-refractivity contribution in [3.05, 3.63) is 54.1 Å². The summed E-state index contributed by atoms with van der Waals surface area (Å²) < 4.78 is 0. The Morgan fingerprint density at radius 3 is 2.00 bits per heavy atom. The van der Waals surface area contributed by atoms with Gasteiger partial charge < -0.3 is 9.80 Å². The van der Waals surface area contributed by atoms with Gasteiger partial charge in [0, 0.05) is 12.2 Å². The fraction of sp³-hybridized carbons (Fsp3) is 0.333. The van der Waals surface area contributed by atoms with Crippen LogP contribution < -0.4 is 9.80 Å². The normalized spacial score (nSPS) is 16.4. The van der Waals surface area contributed by atoms with Crippen LogP contribution in [0.4, 0.5) is 17.1 Å². The van der Waals surface area contributed by atoms with E-state index < -0.39 is 0 Å². The first-order valence-electron chi connectivity index (χ1n) is 7.30. The predicted octanol–water partition coefficient (Wildman–Crippen LogP) is 4.71. The van der Waals surface area contributed by atoms with Crippen molar-refractivity contribution in [3.8, 4) is 0 Å². The number of fused-ring (bicyclic) bond motifs is 1. The largest absolute Gasteiger partial charge is 0.347 e. The van der Waals surface area contributed by atoms with E-state index in [0.29, 0.717) is 0 Å². The Labute approximate surface area is 121 Å². The van der Waals surface area contributed by atoms with Crippen molar-refractivity contribution < 1.29 is 0 Å². The summed E-state index contributed by atoms with van der Waals surface area (Å²) in [7, 11) is 0. The molecule has 2 aromatic carbocycles. The highest BCUT2D eigenvalue weighted by Crippen LogP contribution is 2.49. The molecule has 0 unspecified atom stereocenters. The van der Waals surface area contributed by atoms with E-state index in [-0.39, 0.29) is 5.66 Å². The fourth-order valence-corrected chi connectivity index (χ4v) is 3.39. The second-order valence-electron chi connectivity index (χ2n) is 5.85. The third-order valence-corrected chi connectivity index (χ3v) is 4.29. The Hall–Kier alpha value is -1.96. The minimum absolute atomic E-state index is 0.0510. The number of rotatable bonds is 2. The Balaban J connectivity index is 2.22. The minimum Gasteiger partial charge on any atom is -0.347 e. The second kappa shape index (κ2) is 4.55. The maximum atomic E-state index is 2.47. The van der Waals surface area contributed by atoms with Gasteiger partial charge in [0.05, 0.1) is 11.4 Å². The van der Waals surface area contributed by atoms with E-state index >= 15 is 0 Å². The molecule has 2 nitrogen and oxygen atoms in total. The van der Waals surface area contributed by atoms with Gasteiger partial charge in [0.15, 0.2) is 0 Å². The van der Waals surface area contributed by atoms with Crippen molar-refractivity contribution in [2.75, 3.05) is 16.3 Å². The Morgan fingerprint density at radius 2 is 1.40 bits per heavy atom. The smallest absolute Gasteiger partial charge is 0.112 e. The SMILES string of the molecule is CCN1c2ccccc2N(c2ccccc2C)C1(C)C. The second-order valence-corrected chi connectivity index (χ2v) is 5.85. The van der Waals surface area contributed by atoms with Crippen LogP contribution in [0.1, 0.15) is 26.3 Å². The first-order valence-corrected chi connectivity index (χ1v) is 7.30. The molecule has 0 amide bonds. The lowest BCUT2D eigenvalue weighted by atomic mass is 10.1. The van der Waals surface area contributed by atoms with E-state index in [4.69, 9.17) is 0 Å². The van der Waals surface area contributed by atoms with Gasteiger partial charge in [0.2, 0.25) is 0 Å². The molecule has 1 heterocycles. The molecule has 104 valence electrons. The first kappa shape index (κ1) is 13.0. The van der Waals surface area contributed by atoms with Crippen molar-refractivity contribution in [2.45, 2.75) is 33.4 Å². The molecule has 0 bridgehead atoms. The van der Waals surface area contributed by atoms with Crippen LogP contribution >= 0.6 is 0 Å². The Morgan fingerprint density at radius 1 is 0.850 bits per heavy atom. The zero-order valence-corrected chi connectivity index (χ0v) is 12.7. The third kappa shape index (κ3) is 1.71. The highest BCUT2D eigenvalue weighted by Gasteiger charge is 2.42. The van der Waals surface area contributed by atoms with Crippen molar-refractivity contribution in [1.29, 1.82) is 0 Å². The molecule has 0 saturated carbocycles. The minimum atomic E-state index is -0.0510. The average molecular weight is 266 g/mol. The highest BCUT2D eigenvalue weighted by atomic mass is 15.5. The lowest BCUT2D eigenvalue weighted by Crippen LogP contribution is -2.50.